The second-order valence-electron chi connectivity index (χ2n) is 29.4. The van der Waals surface area contributed by atoms with Crippen LogP contribution < -0.4 is 64.6 Å². The first-order valence-electron chi connectivity index (χ1n) is 38.2. The highest BCUT2D eigenvalue weighted by molar-refractivity contribution is 6.00. The zero-order chi connectivity index (χ0) is 83.1. The number of esters is 1. The molecule has 1 aromatic rings. The van der Waals surface area contributed by atoms with Crippen molar-refractivity contribution in [3.05, 3.63) is 29.8 Å². The number of carbonyl (C=O) groups excluding carboxylic acids is 14. The Balaban J connectivity index is 1.82. The molecule has 3 aliphatic heterocycles. The number of benzene rings is 1. The van der Waals surface area contributed by atoms with Crippen LogP contribution in [0.15, 0.2) is 29.3 Å². The number of carbonyl (C=O) groups is 14. The highest BCUT2D eigenvalue weighted by Crippen LogP contribution is 2.25. The predicted octanol–water partition coefficient (Wildman–Crippen LogP) is -5.05. The van der Waals surface area contributed by atoms with Crippen molar-refractivity contribution in [2.45, 2.75) is 300 Å². The van der Waals surface area contributed by atoms with Gasteiger partial charge in [-0.15, -0.1) is 0 Å². The highest BCUT2D eigenvalue weighted by atomic mass is 16.5. The molecule has 111 heavy (non-hydrogen) atoms. The van der Waals surface area contributed by atoms with Crippen LogP contribution >= 0.6 is 0 Å². The second kappa shape index (κ2) is 46.6. The number of aliphatic imine (C=N–C) groups is 1. The SMILES string of the molecule is CCCCCCCCCCCCC[C@@H]1CC(=O)N[C@H]([C@@H](C)O)C(=O)N[C@H](C)C(=O)N[C@@H](Cc2ccc(O)cc2)C(=O)N[C@@H](C(C)C)C(=O)N2C[C@H](O)C[C@H]2C(=O)N[C@H]([C@@H](C)O)C(=O)N[C@@H]([C@@H](C)O)C(=O)N2CC[C@H](O)[C@H]2C(=O)N[C@@H]([C@H](O)CC(N)=O)C(=O)NCC(=O)N[C@H]([C@@H](C)O)C(=O)N[C@@H](CCCN=C(C)N)C(=O)O1. The summed E-state index contributed by atoms with van der Waals surface area (Å²) in [5, 5.41) is 111. The van der Waals surface area contributed by atoms with Crippen molar-refractivity contribution in [3.63, 3.8) is 0 Å². The minimum atomic E-state index is -2.23. The van der Waals surface area contributed by atoms with Gasteiger partial charge in [-0.1, -0.05) is 97.1 Å². The number of phenols is 1. The van der Waals surface area contributed by atoms with Crippen molar-refractivity contribution >= 4 is 88.6 Å². The number of aromatic hydroxyl groups is 1. The zero-order valence-corrected chi connectivity index (χ0v) is 64.8. The Morgan fingerprint density at radius 3 is 1.62 bits per heavy atom. The number of amidine groups is 1. The van der Waals surface area contributed by atoms with Gasteiger partial charge in [-0.3, -0.25) is 67.3 Å². The average molecular weight is 1570 g/mol. The molecule has 0 aromatic heterocycles. The summed E-state index contributed by atoms with van der Waals surface area (Å²) >= 11 is 0. The van der Waals surface area contributed by atoms with E-state index in [-0.39, 0.29) is 50.2 Å². The number of unbranched alkanes of at least 4 members (excludes halogenated alkanes) is 10. The number of nitrogens with zero attached hydrogens (tertiary/aromatic N) is 3. The Morgan fingerprint density at radius 1 is 0.559 bits per heavy atom. The van der Waals surface area contributed by atoms with E-state index in [2.05, 4.69) is 65.1 Å². The maximum Gasteiger partial charge on any atom is 0.328 e. The third-order valence-electron chi connectivity index (χ3n) is 19.3. The average Bonchev–Trinajstić information content (AvgIpc) is 1.70. The van der Waals surface area contributed by atoms with Gasteiger partial charge >= 0.3 is 5.97 Å². The van der Waals surface area contributed by atoms with E-state index in [1.807, 2.05) is 0 Å². The van der Waals surface area contributed by atoms with E-state index in [0.717, 1.165) is 83.5 Å². The minimum Gasteiger partial charge on any atom is -0.508 e. The number of fused-ring (bicyclic) bond motifs is 2. The second-order valence-corrected chi connectivity index (χ2v) is 29.4. The number of amides is 13. The Labute approximate surface area is 645 Å². The molecule has 22 N–H and O–H groups in total. The van der Waals surface area contributed by atoms with Crippen LogP contribution in [-0.2, 0) is 78.3 Å². The molecule has 13 amide bonds. The first-order chi connectivity index (χ1) is 52.3. The van der Waals surface area contributed by atoms with E-state index in [4.69, 9.17) is 16.2 Å². The van der Waals surface area contributed by atoms with Gasteiger partial charge in [0.2, 0.25) is 76.8 Å². The largest absolute Gasteiger partial charge is 0.508 e. The van der Waals surface area contributed by atoms with Crippen LogP contribution in [0.5, 0.6) is 5.75 Å². The fourth-order valence-electron chi connectivity index (χ4n) is 13.0. The van der Waals surface area contributed by atoms with Crippen LogP contribution in [0.1, 0.15) is 183 Å². The highest BCUT2D eigenvalue weighted by Gasteiger charge is 2.48. The van der Waals surface area contributed by atoms with Crippen LogP contribution in [0.2, 0.25) is 0 Å². The smallest absolute Gasteiger partial charge is 0.328 e. The number of hydrogen-bond donors (Lipinski definition) is 20. The lowest BCUT2D eigenvalue weighted by atomic mass is 9.99. The van der Waals surface area contributed by atoms with E-state index in [1.165, 1.54) is 58.9 Å². The van der Waals surface area contributed by atoms with Crippen LogP contribution in [0, 0.1) is 5.92 Å². The number of hydrogen-bond acceptors (Lipinski definition) is 24. The summed E-state index contributed by atoms with van der Waals surface area (Å²) in [4.78, 5) is 204. The molecule has 4 rings (SSSR count). The number of nitrogens with two attached hydrogens (primary N) is 2. The Hall–Kier alpha value is -9.21. The molecule has 3 aliphatic rings. The summed E-state index contributed by atoms with van der Waals surface area (Å²) in [5.74, 6) is -17.0. The van der Waals surface area contributed by atoms with E-state index in [9.17, 15) is 108 Å². The molecule has 19 atom stereocenters. The molecule has 38 nitrogen and oxygen atoms in total. The van der Waals surface area contributed by atoms with Crippen molar-refractivity contribution in [1.82, 2.24) is 63.0 Å². The number of cyclic esters (lactones) is 1. The van der Waals surface area contributed by atoms with Gasteiger partial charge < -0.3 is 120 Å². The molecular formula is C73H119N15O23. The lowest BCUT2D eigenvalue weighted by Gasteiger charge is -2.34. The summed E-state index contributed by atoms with van der Waals surface area (Å²) in [5.41, 5.74) is 11.5. The summed E-state index contributed by atoms with van der Waals surface area (Å²) in [7, 11) is 0. The monoisotopic (exact) mass is 1570 g/mol. The van der Waals surface area contributed by atoms with Gasteiger partial charge in [-0.25, -0.2) is 4.79 Å². The van der Waals surface area contributed by atoms with Crippen LogP contribution in [-0.4, -0.2) is 281 Å². The molecule has 0 radical (unpaired) electrons. The first-order valence-corrected chi connectivity index (χ1v) is 38.2. The van der Waals surface area contributed by atoms with Gasteiger partial charge in [0.05, 0.1) is 67.9 Å². The lowest BCUT2D eigenvalue weighted by molar-refractivity contribution is -0.155. The van der Waals surface area contributed by atoms with Crippen molar-refractivity contribution in [2.24, 2.45) is 22.4 Å². The van der Waals surface area contributed by atoms with E-state index in [0.29, 0.717) is 23.3 Å². The maximum absolute atomic E-state index is 14.8. The molecule has 624 valence electrons. The van der Waals surface area contributed by atoms with E-state index in [1.54, 1.807) is 0 Å². The molecule has 3 saturated heterocycles. The van der Waals surface area contributed by atoms with Gasteiger partial charge in [0.15, 0.2) is 0 Å². The number of nitrogens with one attached hydrogen (secondary N) is 10. The molecular weight excluding hydrogens is 1450 g/mol. The molecule has 0 saturated carbocycles. The zero-order valence-electron chi connectivity index (χ0n) is 64.8. The number of aliphatic hydroxyl groups is 7. The molecule has 3 heterocycles. The summed E-state index contributed by atoms with van der Waals surface area (Å²) in [6.07, 6.45) is -6.21. The fourth-order valence-corrected chi connectivity index (χ4v) is 13.0. The molecule has 0 bridgehead atoms. The van der Waals surface area contributed by atoms with Gasteiger partial charge in [0, 0.05) is 32.5 Å². The van der Waals surface area contributed by atoms with Crippen LogP contribution in [0.25, 0.3) is 0 Å². The summed E-state index contributed by atoms with van der Waals surface area (Å²) in [6.45, 7) is 10.2. The molecule has 1 aromatic carbocycles. The van der Waals surface area contributed by atoms with Crippen LogP contribution in [0.4, 0.5) is 0 Å². The third kappa shape index (κ3) is 30.8. The summed E-state index contributed by atoms with van der Waals surface area (Å²) < 4.78 is 6.01. The number of aliphatic hydroxyl groups excluding tert-OH is 7. The van der Waals surface area contributed by atoms with Crippen LogP contribution in [0.3, 0.4) is 0 Å². The van der Waals surface area contributed by atoms with Crippen molar-refractivity contribution in [2.75, 3.05) is 26.2 Å². The van der Waals surface area contributed by atoms with Crippen molar-refractivity contribution < 1.29 is 113 Å². The van der Waals surface area contributed by atoms with Gasteiger partial charge in [-0.05, 0) is 97.3 Å². The standard InChI is InChI=1S/C73H119N15O23/c1-10-11-12-13-14-15-16-17-18-19-20-22-47-33-54(98)81-57(39(5)89)67(104)78-38(4)63(100)80-49(31-44-24-26-45(93)27-25-44)64(101)83-56(37(2)3)71(108)88-36-46(94)32-50(88)65(102)84-59(41(7)91)69(106)85-60(42(8)92)72(109)87-30-28-51(95)62(87)70(107)86-61(52(96)34-53(75)97)66(103)77-35-55(99)82-58(40(6)90)68(105)79-48(73(110)111-47)23-21-29-76-43(9)74/h24-27,37-42,46-52,56-62,89-96H,10-23,28-36H2,1-9H3,(H2,74,76)(H2,75,97)(H,77,103)(H,78,104)(H,79,105)(H,80,100)(H,81,98)(H,82,99)(H,83,101)(H,84,102)(H,85,106)(H,86,107)/t38-,39-,40-,41-,42-,46-,47-,48+,49+,50+,51+,52-,56+,57-,58-,59-,60+,61+,62+/m1/s1. The first kappa shape index (κ1) is 94.2. The summed E-state index contributed by atoms with van der Waals surface area (Å²) in [6, 6.07) is -14.4. The number of rotatable bonds is 26. The maximum atomic E-state index is 14.8. The fraction of sp³-hybridized carbons (Fsp3) is 0.712. The van der Waals surface area contributed by atoms with Gasteiger partial charge in [0.1, 0.15) is 78.3 Å². The normalized spacial score (nSPS) is 27.9. The topological polar surface area (TPSA) is 601 Å². The van der Waals surface area contributed by atoms with E-state index < -0.39 is 243 Å². The van der Waals surface area contributed by atoms with E-state index >= 15 is 0 Å². The molecule has 38 heteroatoms. The molecule has 0 aliphatic carbocycles. The number of primary amides is 1. The Bertz CT molecular complexity index is 3340. The third-order valence-corrected chi connectivity index (χ3v) is 19.3. The Kier molecular flexibility index (Phi) is 39.5. The quantitative estimate of drug-likeness (QED) is 0.0179. The van der Waals surface area contributed by atoms with Crippen molar-refractivity contribution in [1.29, 1.82) is 0 Å². The molecule has 3 fully saturated rings. The number of phenolic OH excluding ortho intramolecular Hbond substituents is 1. The van der Waals surface area contributed by atoms with Gasteiger partial charge in [-0.2, -0.15) is 0 Å². The lowest BCUT2D eigenvalue weighted by Crippen LogP contribution is -2.64. The number of ether oxygens (including phenoxy) is 1. The Morgan fingerprint density at radius 2 is 1.06 bits per heavy atom. The predicted molar refractivity (Wildman–Crippen MR) is 398 cm³/mol. The minimum absolute atomic E-state index is 0.0277. The molecule has 0 spiro atoms. The van der Waals surface area contributed by atoms with Gasteiger partial charge in [0.25, 0.3) is 0 Å². The molecule has 0 unspecified atom stereocenters. The van der Waals surface area contributed by atoms with Crippen molar-refractivity contribution in [3.8, 4) is 5.75 Å².